The minimum atomic E-state index is -0.538. The number of piperazine rings is 1. The predicted octanol–water partition coefficient (Wildman–Crippen LogP) is 1.82. The largest absolute Gasteiger partial charge is 0.497 e. The monoisotopic (exact) mass is 376 g/mol. The van der Waals surface area contributed by atoms with Crippen LogP contribution in [-0.4, -0.2) is 57.9 Å². The lowest BCUT2D eigenvalue weighted by molar-refractivity contribution is -0.158. The van der Waals surface area contributed by atoms with Crippen LogP contribution in [0.15, 0.2) is 48.5 Å². The summed E-state index contributed by atoms with van der Waals surface area (Å²) in [7, 11) is 3.30. The maximum atomic E-state index is 13.0. The summed E-state index contributed by atoms with van der Waals surface area (Å²) in [6, 6.07) is 14.5. The molecule has 0 radical (unpaired) electrons. The van der Waals surface area contributed by atoms with Crippen LogP contribution in [-0.2, 0) is 16.1 Å². The second kappa shape index (κ2) is 6.09. The van der Waals surface area contributed by atoms with Crippen molar-refractivity contribution in [3.8, 4) is 5.75 Å². The Morgan fingerprint density at radius 3 is 2.57 bits per heavy atom. The van der Waals surface area contributed by atoms with Gasteiger partial charge in [-0.1, -0.05) is 24.3 Å². The molecule has 0 bridgehead atoms. The Labute approximate surface area is 162 Å². The van der Waals surface area contributed by atoms with Gasteiger partial charge in [0.1, 0.15) is 23.7 Å². The van der Waals surface area contributed by atoms with Gasteiger partial charge in [0, 0.05) is 7.05 Å². The third-order valence-electron chi connectivity index (χ3n) is 5.65. The smallest absolute Gasteiger partial charge is 0.247 e. The Morgan fingerprint density at radius 2 is 1.82 bits per heavy atom. The highest BCUT2D eigenvalue weighted by molar-refractivity contribution is 5.95. The molecule has 2 aliphatic heterocycles. The van der Waals surface area contributed by atoms with Crippen molar-refractivity contribution < 1.29 is 14.3 Å². The van der Waals surface area contributed by atoms with E-state index in [-0.39, 0.29) is 18.4 Å². The zero-order valence-corrected chi connectivity index (χ0v) is 15.7. The lowest BCUT2D eigenvalue weighted by atomic mass is 9.96. The Morgan fingerprint density at radius 1 is 1.07 bits per heavy atom. The molecular formula is C21H20N4O3. The normalized spacial score (nSPS) is 21.6. The van der Waals surface area contributed by atoms with Gasteiger partial charge in [0.05, 0.1) is 31.2 Å². The van der Waals surface area contributed by atoms with E-state index < -0.39 is 12.1 Å². The predicted molar refractivity (Wildman–Crippen MR) is 103 cm³/mol. The molecular weight excluding hydrogens is 356 g/mol. The first-order valence-electron chi connectivity index (χ1n) is 9.23. The quantitative estimate of drug-likeness (QED) is 0.684. The molecule has 1 fully saturated rings. The fourth-order valence-electron chi connectivity index (χ4n) is 4.29. The topological polar surface area (TPSA) is 67.7 Å². The molecule has 2 amide bonds. The number of fused-ring (bicyclic) bond motifs is 4. The first-order chi connectivity index (χ1) is 13.6. The molecule has 0 unspecified atom stereocenters. The molecule has 0 N–H and O–H groups in total. The van der Waals surface area contributed by atoms with Gasteiger partial charge >= 0.3 is 0 Å². The second-order valence-electron chi connectivity index (χ2n) is 7.26. The van der Waals surface area contributed by atoms with Gasteiger partial charge < -0.3 is 19.1 Å². The fourth-order valence-corrected chi connectivity index (χ4v) is 4.29. The first kappa shape index (κ1) is 16.8. The van der Waals surface area contributed by atoms with Crippen LogP contribution in [0.3, 0.4) is 0 Å². The van der Waals surface area contributed by atoms with Crippen LogP contribution in [0.25, 0.3) is 11.0 Å². The van der Waals surface area contributed by atoms with E-state index in [1.165, 1.54) is 4.90 Å². The Bertz CT molecular complexity index is 1090. The van der Waals surface area contributed by atoms with Crippen molar-refractivity contribution in [1.29, 1.82) is 0 Å². The summed E-state index contributed by atoms with van der Waals surface area (Å²) < 4.78 is 7.35. The summed E-state index contributed by atoms with van der Waals surface area (Å²) in [6.07, 6.45) is 0. The second-order valence-corrected chi connectivity index (χ2v) is 7.26. The van der Waals surface area contributed by atoms with Crippen molar-refractivity contribution in [3.05, 3.63) is 59.9 Å². The van der Waals surface area contributed by atoms with Crippen molar-refractivity contribution in [2.75, 3.05) is 20.7 Å². The Balaban J connectivity index is 1.73. The summed E-state index contributed by atoms with van der Waals surface area (Å²) >= 11 is 0. The van der Waals surface area contributed by atoms with Gasteiger partial charge in [0.2, 0.25) is 11.8 Å². The number of amides is 2. The first-order valence-corrected chi connectivity index (χ1v) is 9.23. The van der Waals surface area contributed by atoms with Gasteiger partial charge in [-0.3, -0.25) is 9.59 Å². The van der Waals surface area contributed by atoms with Gasteiger partial charge in [0.15, 0.2) is 0 Å². The minimum Gasteiger partial charge on any atom is -0.497 e. The van der Waals surface area contributed by atoms with E-state index >= 15 is 0 Å². The number of imidazole rings is 1. The van der Waals surface area contributed by atoms with Gasteiger partial charge in [-0.2, -0.15) is 0 Å². The highest BCUT2D eigenvalue weighted by atomic mass is 16.5. The highest BCUT2D eigenvalue weighted by Crippen LogP contribution is 2.38. The van der Waals surface area contributed by atoms with Crippen LogP contribution < -0.4 is 4.74 Å². The molecule has 0 saturated carbocycles. The molecule has 7 heteroatoms. The van der Waals surface area contributed by atoms with Crippen LogP contribution in [0, 0.1) is 0 Å². The molecule has 3 aromatic rings. The number of hydrogen-bond donors (Lipinski definition) is 0. The lowest BCUT2D eigenvalue weighted by Crippen LogP contribution is -2.63. The highest BCUT2D eigenvalue weighted by Gasteiger charge is 2.47. The van der Waals surface area contributed by atoms with E-state index in [4.69, 9.17) is 9.72 Å². The minimum absolute atomic E-state index is 0.0402. The standard InChI is InChI=1S/C21H20N4O3/c1-23-12-18(26)25-17(21(23)27)11-24-16-6-4-3-5-15(16)22-20(24)19(25)13-7-9-14(28-2)10-8-13/h3-10,17,19H,11-12H2,1-2H3/t17-,19-/m1/s1. The van der Waals surface area contributed by atoms with Crippen LogP contribution >= 0.6 is 0 Å². The van der Waals surface area contributed by atoms with Gasteiger partial charge in [0.25, 0.3) is 0 Å². The number of ether oxygens (including phenoxy) is 1. The van der Waals surface area contributed by atoms with Crippen molar-refractivity contribution >= 4 is 22.8 Å². The van der Waals surface area contributed by atoms with Gasteiger partial charge in [-0.25, -0.2) is 4.98 Å². The number of rotatable bonds is 2. The number of likely N-dealkylation sites (N-methyl/N-ethyl adjacent to an activating group) is 1. The number of hydrogen-bond acceptors (Lipinski definition) is 4. The number of benzene rings is 2. The van der Waals surface area contributed by atoms with E-state index in [9.17, 15) is 9.59 Å². The van der Waals surface area contributed by atoms with E-state index in [0.717, 1.165) is 28.2 Å². The number of carbonyl (C=O) groups excluding carboxylic acids is 2. The molecule has 1 aromatic heterocycles. The van der Waals surface area contributed by atoms with E-state index in [1.807, 2.05) is 48.5 Å². The summed E-state index contributed by atoms with van der Waals surface area (Å²) in [5.74, 6) is 1.42. The van der Waals surface area contributed by atoms with Crippen LogP contribution in [0.4, 0.5) is 0 Å². The third-order valence-corrected chi connectivity index (χ3v) is 5.65. The Kier molecular flexibility index (Phi) is 3.65. The van der Waals surface area contributed by atoms with Crippen molar-refractivity contribution in [3.63, 3.8) is 0 Å². The van der Waals surface area contributed by atoms with E-state index in [0.29, 0.717) is 6.54 Å². The average molecular weight is 376 g/mol. The van der Waals surface area contributed by atoms with Crippen molar-refractivity contribution in [2.24, 2.45) is 0 Å². The third kappa shape index (κ3) is 2.32. The maximum absolute atomic E-state index is 13.0. The van der Waals surface area contributed by atoms with Crippen LogP contribution in [0.2, 0.25) is 0 Å². The van der Waals surface area contributed by atoms with Gasteiger partial charge in [-0.05, 0) is 29.8 Å². The van der Waals surface area contributed by atoms with Crippen LogP contribution in [0.1, 0.15) is 17.4 Å². The van der Waals surface area contributed by atoms with Gasteiger partial charge in [-0.15, -0.1) is 0 Å². The SMILES string of the molecule is COc1ccc([C@@H]2c3nc4ccccc4n3C[C@@H]3C(=O)N(C)CC(=O)N23)cc1. The van der Waals surface area contributed by atoms with Crippen molar-refractivity contribution in [2.45, 2.75) is 18.6 Å². The molecule has 2 aliphatic rings. The summed E-state index contributed by atoms with van der Waals surface area (Å²) in [5.41, 5.74) is 2.75. The number of carbonyl (C=O) groups is 2. The number of aromatic nitrogens is 2. The lowest BCUT2D eigenvalue weighted by Gasteiger charge is -2.46. The Hall–Kier alpha value is -3.35. The maximum Gasteiger partial charge on any atom is 0.247 e. The molecule has 2 atom stereocenters. The summed E-state index contributed by atoms with van der Waals surface area (Å²) in [5, 5.41) is 0. The number of para-hydroxylation sites is 2. The molecule has 3 heterocycles. The molecule has 7 nitrogen and oxygen atoms in total. The molecule has 0 spiro atoms. The molecule has 1 saturated heterocycles. The molecule has 28 heavy (non-hydrogen) atoms. The van der Waals surface area contributed by atoms with Crippen molar-refractivity contribution in [1.82, 2.24) is 19.4 Å². The number of nitrogens with zero attached hydrogens (tertiary/aromatic N) is 4. The van der Waals surface area contributed by atoms with E-state index in [1.54, 1.807) is 19.1 Å². The zero-order chi connectivity index (χ0) is 19.4. The molecule has 142 valence electrons. The van der Waals surface area contributed by atoms with E-state index in [2.05, 4.69) is 4.57 Å². The molecule has 2 aromatic carbocycles. The molecule has 0 aliphatic carbocycles. The molecule has 5 rings (SSSR count). The van der Waals surface area contributed by atoms with Crippen LogP contribution in [0.5, 0.6) is 5.75 Å². The summed E-state index contributed by atoms with van der Waals surface area (Å²) in [4.78, 5) is 34.0. The average Bonchev–Trinajstić information content (AvgIpc) is 3.09. The fraction of sp³-hybridized carbons (Fsp3) is 0.286. The summed E-state index contributed by atoms with van der Waals surface area (Å²) in [6.45, 7) is 0.500. The number of methoxy groups -OCH3 is 1. The zero-order valence-electron chi connectivity index (χ0n) is 15.7.